The molecule has 2 N–H and O–H groups in total. The molecule has 0 bridgehead atoms. The first-order valence-corrected chi connectivity index (χ1v) is 7.45. The van der Waals surface area contributed by atoms with Crippen molar-refractivity contribution in [2.24, 2.45) is 11.7 Å². The van der Waals surface area contributed by atoms with Crippen LogP contribution in [0.1, 0.15) is 34.1 Å². The van der Waals surface area contributed by atoms with E-state index in [2.05, 4.69) is 4.90 Å². The van der Waals surface area contributed by atoms with Gasteiger partial charge in [0.25, 0.3) is 0 Å². The van der Waals surface area contributed by atoms with Gasteiger partial charge in [-0.25, -0.2) is 0 Å². The third-order valence-electron chi connectivity index (χ3n) is 3.74. The van der Waals surface area contributed by atoms with Gasteiger partial charge in [0.15, 0.2) is 0 Å². The number of alkyl halides is 3. The van der Waals surface area contributed by atoms with Crippen molar-refractivity contribution in [2.45, 2.75) is 46.3 Å². The first-order valence-electron chi connectivity index (χ1n) is 7.45. The van der Waals surface area contributed by atoms with E-state index in [1.807, 2.05) is 13.8 Å². The smallest absolute Gasteiger partial charge is 0.341 e. The Bertz CT molecular complexity index is 314. The lowest BCUT2D eigenvalue weighted by molar-refractivity contribution is -0.147. The molecule has 0 spiro atoms. The second kappa shape index (κ2) is 13.1. The molecule has 23 heavy (non-hydrogen) atoms. The molecule has 4 nitrogen and oxygen atoms in total. The quantitative estimate of drug-likeness (QED) is 0.665. The molecular formula is C14H30Cl2F3N3O. The number of carbonyl (C=O) groups is 1. The van der Waals surface area contributed by atoms with Crippen LogP contribution in [0.15, 0.2) is 0 Å². The summed E-state index contributed by atoms with van der Waals surface area (Å²) in [4.78, 5) is 15.6. The van der Waals surface area contributed by atoms with E-state index in [9.17, 15) is 18.0 Å². The summed E-state index contributed by atoms with van der Waals surface area (Å²) in [6.07, 6.45) is -5.24. The Morgan fingerprint density at radius 2 is 1.52 bits per heavy atom. The van der Waals surface area contributed by atoms with Crippen LogP contribution in [-0.4, -0.2) is 60.6 Å². The summed E-state index contributed by atoms with van der Waals surface area (Å²) in [5.41, 5.74) is 5.68. The molecule has 0 saturated carbocycles. The van der Waals surface area contributed by atoms with Crippen LogP contribution in [0.25, 0.3) is 0 Å². The third kappa shape index (κ3) is 11.9. The predicted octanol–water partition coefficient (Wildman–Crippen LogP) is 2.94. The Balaban J connectivity index is -0.00000200. The van der Waals surface area contributed by atoms with E-state index < -0.39 is 18.5 Å². The largest absolute Gasteiger partial charge is 0.390 e. The summed E-state index contributed by atoms with van der Waals surface area (Å²) >= 11 is 0. The van der Waals surface area contributed by atoms with Gasteiger partial charge < -0.3 is 15.5 Å². The Labute approximate surface area is 149 Å². The summed E-state index contributed by atoms with van der Waals surface area (Å²) in [6, 6.07) is -0.376. The number of rotatable bonds is 9. The van der Waals surface area contributed by atoms with Gasteiger partial charge in [0.2, 0.25) is 5.91 Å². The zero-order valence-corrected chi connectivity index (χ0v) is 15.9. The van der Waals surface area contributed by atoms with Crippen LogP contribution >= 0.6 is 24.8 Å². The summed E-state index contributed by atoms with van der Waals surface area (Å²) in [7, 11) is 0. The Morgan fingerprint density at radius 1 is 1.04 bits per heavy atom. The van der Waals surface area contributed by atoms with Crippen molar-refractivity contribution >= 4 is 30.7 Å². The number of carbonyl (C=O) groups excluding carboxylic acids is 1. The second-order valence-corrected chi connectivity index (χ2v) is 5.37. The average molecular weight is 384 g/mol. The minimum Gasteiger partial charge on any atom is -0.341 e. The van der Waals surface area contributed by atoms with Crippen LogP contribution in [-0.2, 0) is 4.79 Å². The van der Waals surface area contributed by atoms with Crippen molar-refractivity contribution in [3.63, 3.8) is 0 Å². The summed E-state index contributed by atoms with van der Waals surface area (Å²) in [5.74, 6) is -0.781. The Hall–Kier alpha value is -0.240. The van der Waals surface area contributed by atoms with Gasteiger partial charge in [-0.1, -0.05) is 20.8 Å². The van der Waals surface area contributed by atoms with Gasteiger partial charge in [-0.05, 0) is 20.0 Å². The number of halogens is 5. The normalized spacial score (nSPS) is 13.8. The lowest BCUT2D eigenvalue weighted by Crippen LogP contribution is -2.46. The number of likely N-dealkylation sites (N-methyl/N-ethyl adjacent to an activating group) is 1. The Kier molecular flexibility index (Phi) is 15.7. The highest BCUT2D eigenvalue weighted by atomic mass is 35.5. The van der Waals surface area contributed by atoms with Crippen molar-refractivity contribution in [3.8, 4) is 0 Å². The highest BCUT2D eigenvalue weighted by molar-refractivity contribution is 5.85. The van der Waals surface area contributed by atoms with Crippen molar-refractivity contribution in [3.05, 3.63) is 0 Å². The maximum atomic E-state index is 12.4. The van der Waals surface area contributed by atoms with Crippen LogP contribution in [0, 0.1) is 5.92 Å². The molecule has 2 atom stereocenters. The molecule has 0 heterocycles. The van der Waals surface area contributed by atoms with E-state index in [0.717, 1.165) is 13.1 Å². The minimum absolute atomic E-state index is 0. The molecule has 0 aromatic rings. The maximum absolute atomic E-state index is 12.4. The van der Waals surface area contributed by atoms with Gasteiger partial charge in [-0.3, -0.25) is 4.79 Å². The number of hydrogen-bond donors (Lipinski definition) is 1. The molecule has 1 amide bonds. The number of amides is 1. The Morgan fingerprint density at radius 3 is 1.87 bits per heavy atom. The van der Waals surface area contributed by atoms with Crippen molar-refractivity contribution in [1.82, 2.24) is 9.80 Å². The molecule has 0 aromatic carbocycles. The van der Waals surface area contributed by atoms with E-state index in [1.165, 1.54) is 4.90 Å². The molecule has 0 aliphatic carbocycles. The monoisotopic (exact) mass is 383 g/mol. The molecule has 0 fully saturated rings. The van der Waals surface area contributed by atoms with Gasteiger partial charge in [0.1, 0.15) is 0 Å². The molecule has 142 valence electrons. The van der Waals surface area contributed by atoms with E-state index in [-0.39, 0.29) is 43.3 Å². The van der Waals surface area contributed by atoms with E-state index in [4.69, 9.17) is 5.73 Å². The summed E-state index contributed by atoms with van der Waals surface area (Å²) in [5, 5.41) is 0. The third-order valence-corrected chi connectivity index (χ3v) is 3.74. The van der Waals surface area contributed by atoms with Crippen LogP contribution in [0.4, 0.5) is 13.2 Å². The zero-order valence-electron chi connectivity index (χ0n) is 14.2. The molecular weight excluding hydrogens is 354 g/mol. The van der Waals surface area contributed by atoms with Crippen LogP contribution < -0.4 is 5.73 Å². The van der Waals surface area contributed by atoms with Crippen LogP contribution in [0.2, 0.25) is 0 Å². The highest BCUT2D eigenvalue weighted by Crippen LogP contribution is 2.20. The number of hydrogen-bond acceptors (Lipinski definition) is 3. The molecule has 9 heteroatoms. The van der Waals surface area contributed by atoms with Crippen molar-refractivity contribution in [2.75, 3.05) is 32.7 Å². The maximum Gasteiger partial charge on any atom is 0.390 e. The zero-order chi connectivity index (χ0) is 16.6. The number of nitrogens with zero attached hydrogens (tertiary/aromatic N) is 2. The highest BCUT2D eigenvalue weighted by Gasteiger charge is 2.30. The van der Waals surface area contributed by atoms with Gasteiger partial charge >= 0.3 is 6.18 Å². The first-order chi connectivity index (χ1) is 9.62. The standard InChI is InChI=1S/C14H28F3N3O.2ClH/c1-5-19(6-2)9-10-20(8-7-14(15,16)17)13(21)11(3)12(4)18;;/h11-12H,5-10,18H2,1-4H3;2*1H. The minimum atomic E-state index is -4.26. The molecule has 0 radical (unpaired) electrons. The molecule has 0 aliphatic rings. The predicted molar refractivity (Wildman–Crippen MR) is 92.3 cm³/mol. The molecule has 0 saturated heterocycles. The molecule has 0 aliphatic heterocycles. The lowest BCUT2D eigenvalue weighted by atomic mass is 10.0. The lowest BCUT2D eigenvalue weighted by Gasteiger charge is -2.30. The van der Waals surface area contributed by atoms with Crippen LogP contribution in [0.5, 0.6) is 0 Å². The fraction of sp³-hybridized carbons (Fsp3) is 0.929. The van der Waals surface area contributed by atoms with E-state index in [1.54, 1.807) is 13.8 Å². The van der Waals surface area contributed by atoms with E-state index in [0.29, 0.717) is 13.1 Å². The fourth-order valence-corrected chi connectivity index (χ4v) is 1.91. The summed E-state index contributed by atoms with van der Waals surface area (Å²) in [6.45, 7) is 9.49. The summed E-state index contributed by atoms with van der Waals surface area (Å²) < 4.78 is 37.2. The van der Waals surface area contributed by atoms with Gasteiger partial charge in [-0.15, -0.1) is 24.8 Å². The average Bonchev–Trinajstić information content (AvgIpc) is 2.40. The van der Waals surface area contributed by atoms with Crippen LogP contribution in [0.3, 0.4) is 0 Å². The van der Waals surface area contributed by atoms with Gasteiger partial charge in [-0.2, -0.15) is 13.2 Å². The molecule has 0 rings (SSSR count). The molecule has 2 unspecified atom stereocenters. The van der Waals surface area contributed by atoms with Gasteiger partial charge in [0, 0.05) is 25.7 Å². The topological polar surface area (TPSA) is 49.6 Å². The first kappa shape index (κ1) is 27.6. The van der Waals surface area contributed by atoms with Crippen molar-refractivity contribution in [1.29, 1.82) is 0 Å². The fourth-order valence-electron chi connectivity index (χ4n) is 1.91. The SMILES string of the molecule is CCN(CC)CCN(CCC(F)(F)F)C(=O)C(C)C(C)N.Cl.Cl. The number of nitrogens with two attached hydrogens (primary N) is 1. The second-order valence-electron chi connectivity index (χ2n) is 5.37. The van der Waals surface area contributed by atoms with Crippen molar-refractivity contribution < 1.29 is 18.0 Å². The van der Waals surface area contributed by atoms with E-state index >= 15 is 0 Å². The molecule has 0 aromatic heterocycles. The van der Waals surface area contributed by atoms with Gasteiger partial charge in [0.05, 0.1) is 12.3 Å².